The second-order valence-electron chi connectivity index (χ2n) is 18.1. The summed E-state index contributed by atoms with van der Waals surface area (Å²) in [4.78, 5) is 25.4. The Bertz CT molecular complexity index is 992. The number of ether oxygens (including phenoxy) is 4. The molecular weight excluding hydrogens is 773 g/mol. The van der Waals surface area contributed by atoms with Crippen LogP contribution in [0, 0.1) is 0 Å². The molecule has 1 aliphatic heterocycles. The molecule has 1 aliphatic rings. The number of allylic oxidation sites excluding steroid dienone is 1. The van der Waals surface area contributed by atoms with E-state index in [0.717, 1.165) is 44.9 Å². The van der Waals surface area contributed by atoms with Gasteiger partial charge in [0, 0.05) is 12.8 Å². The lowest BCUT2D eigenvalue weighted by Gasteiger charge is -2.39. The van der Waals surface area contributed by atoms with Gasteiger partial charge in [-0.05, 0) is 25.7 Å². The fourth-order valence-electron chi connectivity index (χ4n) is 8.23. The molecule has 0 aromatic carbocycles. The van der Waals surface area contributed by atoms with Gasteiger partial charge in [0.25, 0.3) is 0 Å². The highest BCUT2D eigenvalue weighted by Gasteiger charge is 2.44. The van der Waals surface area contributed by atoms with Crippen LogP contribution >= 0.6 is 0 Å². The molecule has 0 aromatic heterocycles. The van der Waals surface area contributed by atoms with Gasteiger partial charge in [0.1, 0.15) is 31.0 Å². The van der Waals surface area contributed by atoms with Crippen LogP contribution in [0.15, 0.2) is 12.7 Å². The SMILES string of the molecule is C=CCCCCCCCCCCCCCCCC(=O)O[C@@H](COC(=O)CCCCCCCCCCCCCCCCCCCCCCC)CO[C@H]1O[C@@H](CO)[C@@H](O)C(O)C1O. The largest absolute Gasteiger partial charge is 0.462 e. The minimum Gasteiger partial charge on any atom is -0.462 e. The first-order valence-electron chi connectivity index (χ1n) is 25.7. The van der Waals surface area contributed by atoms with Crippen LogP contribution in [-0.2, 0) is 28.5 Å². The van der Waals surface area contributed by atoms with Crippen molar-refractivity contribution in [2.45, 2.75) is 281 Å². The van der Waals surface area contributed by atoms with Gasteiger partial charge in [0.2, 0.25) is 0 Å². The van der Waals surface area contributed by atoms with Crippen LogP contribution in [0.4, 0.5) is 0 Å². The molecule has 1 fully saturated rings. The van der Waals surface area contributed by atoms with Crippen LogP contribution in [0.2, 0.25) is 0 Å². The molecule has 10 heteroatoms. The van der Waals surface area contributed by atoms with E-state index < -0.39 is 49.4 Å². The zero-order chi connectivity index (χ0) is 44.4. The lowest BCUT2D eigenvalue weighted by atomic mass is 9.99. The third kappa shape index (κ3) is 33.6. The van der Waals surface area contributed by atoms with Gasteiger partial charge < -0.3 is 39.4 Å². The molecule has 360 valence electrons. The number of carbonyl (C=O) groups excluding carboxylic acids is 2. The molecule has 1 heterocycles. The molecule has 0 saturated carbocycles. The van der Waals surface area contributed by atoms with Crippen molar-refractivity contribution in [3.05, 3.63) is 12.7 Å². The standard InChI is InChI=1S/C51H96O10/c1-3-5-7-9-11-13-15-17-19-20-21-22-23-24-26-27-29-31-33-35-37-39-46(53)58-42-44(43-59-51-50(57)49(56)48(55)45(41-52)61-51)60-47(54)40-38-36-34-32-30-28-25-18-16-14-12-10-8-6-4-2/h4,44-45,48-52,55-57H,2-3,5-43H2,1H3/t44-,45-,48+,49?,50?,51-/m0/s1. The van der Waals surface area contributed by atoms with E-state index in [1.165, 1.54) is 173 Å². The van der Waals surface area contributed by atoms with Gasteiger partial charge in [-0.15, -0.1) is 6.58 Å². The number of esters is 2. The van der Waals surface area contributed by atoms with E-state index >= 15 is 0 Å². The van der Waals surface area contributed by atoms with Gasteiger partial charge in [-0.2, -0.15) is 0 Å². The minimum atomic E-state index is -1.59. The highest BCUT2D eigenvalue weighted by Crippen LogP contribution is 2.23. The predicted octanol–water partition coefficient (Wildman–Crippen LogP) is 11.9. The Morgan fingerprint density at radius 1 is 0.525 bits per heavy atom. The van der Waals surface area contributed by atoms with Crippen LogP contribution in [-0.4, -0.2) is 89.0 Å². The summed E-state index contributed by atoms with van der Waals surface area (Å²) in [5.41, 5.74) is 0. The zero-order valence-corrected chi connectivity index (χ0v) is 39.3. The maximum Gasteiger partial charge on any atom is 0.306 e. The number of carbonyl (C=O) groups is 2. The van der Waals surface area contributed by atoms with Gasteiger partial charge in [0.15, 0.2) is 12.4 Å². The Hall–Kier alpha value is -1.56. The highest BCUT2D eigenvalue weighted by atomic mass is 16.7. The Morgan fingerprint density at radius 2 is 0.902 bits per heavy atom. The molecule has 1 rings (SSSR count). The first-order chi connectivity index (χ1) is 29.8. The molecule has 2 unspecified atom stereocenters. The summed E-state index contributed by atoms with van der Waals surface area (Å²) in [5, 5.41) is 40.2. The number of aliphatic hydroxyl groups excluding tert-OH is 4. The number of unbranched alkanes of at least 4 members (excludes halogenated alkanes) is 33. The molecule has 61 heavy (non-hydrogen) atoms. The third-order valence-electron chi connectivity index (χ3n) is 12.3. The number of hydrogen-bond acceptors (Lipinski definition) is 10. The molecule has 1 saturated heterocycles. The van der Waals surface area contributed by atoms with Gasteiger partial charge in [-0.1, -0.05) is 212 Å². The van der Waals surface area contributed by atoms with Crippen LogP contribution in [0.5, 0.6) is 0 Å². The summed E-state index contributed by atoms with van der Waals surface area (Å²) in [5.74, 6) is -0.793. The molecule has 4 N–H and O–H groups in total. The fourth-order valence-corrected chi connectivity index (χ4v) is 8.23. The maximum absolute atomic E-state index is 12.8. The molecule has 0 amide bonds. The van der Waals surface area contributed by atoms with E-state index in [-0.39, 0.29) is 32.0 Å². The van der Waals surface area contributed by atoms with E-state index in [2.05, 4.69) is 13.5 Å². The molecule has 6 atom stereocenters. The lowest BCUT2D eigenvalue weighted by molar-refractivity contribution is -0.305. The zero-order valence-electron chi connectivity index (χ0n) is 39.3. The van der Waals surface area contributed by atoms with Gasteiger partial charge in [-0.3, -0.25) is 9.59 Å². The smallest absolute Gasteiger partial charge is 0.306 e. The summed E-state index contributed by atoms with van der Waals surface area (Å²) in [6, 6.07) is 0. The number of aliphatic hydroxyl groups is 4. The van der Waals surface area contributed by atoms with Gasteiger partial charge in [-0.25, -0.2) is 0 Å². The Labute approximate surface area is 373 Å². The summed E-state index contributed by atoms with van der Waals surface area (Å²) < 4.78 is 22.2. The Morgan fingerprint density at radius 3 is 1.30 bits per heavy atom. The molecule has 0 bridgehead atoms. The highest BCUT2D eigenvalue weighted by molar-refractivity contribution is 5.70. The van der Waals surface area contributed by atoms with Crippen molar-refractivity contribution >= 4 is 11.9 Å². The topological polar surface area (TPSA) is 152 Å². The quantitative estimate of drug-likeness (QED) is 0.0264. The van der Waals surface area contributed by atoms with E-state index in [4.69, 9.17) is 18.9 Å². The Balaban J connectivity index is 2.22. The Kier molecular flexibility index (Phi) is 39.9. The van der Waals surface area contributed by atoms with Crippen LogP contribution < -0.4 is 0 Å². The van der Waals surface area contributed by atoms with Crippen molar-refractivity contribution in [2.24, 2.45) is 0 Å². The average Bonchev–Trinajstić information content (AvgIpc) is 3.26. The minimum absolute atomic E-state index is 0.212. The summed E-state index contributed by atoms with van der Waals surface area (Å²) >= 11 is 0. The van der Waals surface area contributed by atoms with Gasteiger partial charge >= 0.3 is 11.9 Å². The van der Waals surface area contributed by atoms with Crippen LogP contribution in [0.3, 0.4) is 0 Å². The predicted molar refractivity (Wildman–Crippen MR) is 247 cm³/mol. The van der Waals surface area contributed by atoms with E-state index in [0.29, 0.717) is 6.42 Å². The van der Waals surface area contributed by atoms with Crippen LogP contribution in [0.1, 0.15) is 244 Å². The summed E-state index contributed by atoms with van der Waals surface area (Å²) in [6.45, 7) is 4.99. The van der Waals surface area contributed by atoms with Crippen LogP contribution in [0.25, 0.3) is 0 Å². The van der Waals surface area contributed by atoms with Crippen molar-refractivity contribution in [3.8, 4) is 0 Å². The van der Waals surface area contributed by atoms with Crippen molar-refractivity contribution in [3.63, 3.8) is 0 Å². The molecular formula is C51H96O10. The van der Waals surface area contributed by atoms with Crippen molar-refractivity contribution in [2.75, 3.05) is 19.8 Å². The van der Waals surface area contributed by atoms with Gasteiger partial charge in [0.05, 0.1) is 13.2 Å². The second-order valence-corrected chi connectivity index (χ2v) is 18.1. The van der Waals surface area contributed by atoms with E-state index in [1.54, 1.807) is 0 Å². The van der Waals surface area contributed by atoms with Crippen molar-refractivity contribution < 1.29 is 49.0 Å². The maximum atomic E-state index is 12.8. The van der Waals surface area contributed by atoms with E-state index in [1.807, 2.05) is 6.08 Å². The second kappa shape index (κ2) is 42.4. The van der Waals surface area contributed by atoms with Crippen molar-refractivity contribution in [1.29, 1.82) is 0 Å². The fraction of sp³-hybridized carbons (Fsp3) is 0.922. The molecule has 0 aliphatic carbocycles. The monoisotopic (exact) mass is 869 g/mol. The summed E-state index contributed by atoms with van der Waals surface area (Å²) in [6.07, 6.45) is 38.3. The first kappa shape index (κ1) is 57.5. The molecule has 0 aromatic rings. The van der Waals surface area contributed by atoms with Crippen molar-refractivity contribution in [1.82, 2.24) is 0 Å². The number of rotatable bonds is 45. The number of hydrogen-bond donors (Lipinski definition) is 4. The van der Waals surface area contributed by atoms with E-state index in [9.17, 15) is 30.0 Å². The molecule has 0 spiro atoms. The molecule has 0 radical (unpaired) electrons. The normalized spacial score (nSPS) is 19.5. The third-order valence-corrected chi connectivity index (χ3v) is 12.3. The average molecular weight is 869 g/mol. The lowest BCUT2D eigenvalue weighted by Crippen LogP contribution is -2.59. The first-order valence-corrected chi connectivity index (χ1v) is 25.7. The summed E-state index contributed by atoms with van der Waals surface area (Å²) in [7, 11) is 0. The molecule has 10 nitrogen and oxygen atoms in total.